The van der Waals surface area contributed by atoms with Crippen LogP contribution in [0.2, 0.25) is 0 Å². The molecule has 0 heterocycles. The van der Waals surface area contributed by atoms with E-state index < -0.39 is 0 Å². The van der Waals surface area contributed by atoms with Crippen molar-refractivity contribution in [2.45, 2.75) is 17.7 Å². The SMILES string of the molecule is NC(=O)Cc1ccc(NC(=O)CCSc2ccccc2)cc1. The molecule has 0 bridgehead atoms. The third-order valence-corrected chi connectivity index (χ3v) is 3.97. The largest absolute Gasteiger partial charge is 0.369 e. The number of nitrogens with one attached hydrogen (secondary N) is 1. The molecular formula is C17H18N2O2S. The van der Waals surface area contributed by atoms with E-state index in [1.54, 1.807) is 36.0 Å². The fourth-order valence-corrected chi connectivity index (χ4v) is 2.78. The van der Waals surface area contributed by atoms with Crippen LogP contribution in [0.3, 0.4) is 0 Å². The zero-order chi connectivity index (χ0) is 15.8. The Kier molecular flexibility index (Phi) is 6.03. The standard InChI is InChI=1S/C17H18N2O2S/c18-16(20)12-13-6-8-14(9-7-13)19-17(21)10-11-22-15-4-2-1-3-5-15/h1-9H,10-12H2,(H2,18,20)(H,19,21). The maximum Gasteiger partial charge on any atom is 0.225 e. The van der Waals surface area contributed by atoms with Gasteiger partial charge in [0, 0.05) is 22.8 Å². The summed E-state index contributed by atoms with van der Waals surface area (Å²) >= 11 is 1.66. The summed E-state index contributed by atoms with van der Waals surface area (Å²) in [5.74, 6) is 0.344. The van der Waals surface area contributed by atoms with Gasteiger partial charge in [-0.25, -0.2) is 0 Å². The van der Waals surface area contributed by atoms with Crippen LogP contribution in [-0.4, -0.2) is 17.6 Å². The highest BCUT2D eigenvalue weighted by molar-refractivity contribution is 7.99. The Hall–Kier alpha value is -2.27. The number of hydrogen-bond acceptors (Lipinski definition) is 3. The Labute approximate surface area is 134 Å². The predicted molar refractivity (Wildman–Crippen MR) is 89.8 cm³/mol. The molecule has 0 saturated carbocycles. The van der Waals surface area contributed by atoms with E-state index in [1.165, 1.54) is 0 Å². The Morgan fingerprint density at radius 3 is 2.32 bits per heavy atom. The van der Waals surface area contributed by atoms with Gasteiger partial charge in [-0.3, -0.25) is 9.59 Å². The Morgan fingerprint density at radius 1 is 1.00 bits per heavy atom. The van der Waals surface area contributed by atoms with Crippen LogP contribution in [0, 0.1) is 0 Å². The smallest absolute Gasteiger partial charge is 0.225 e. The topological polar surface area (TPSA) is 72.2 Å². The number of rotatable bonds is 7. The molecule has 2 amide bonds. The van der Waals surface area contributed by atoms with Gasteiger partial charge in [-0.15, -0.1) is 11.8 Å². The first-order valence-electron chi connectivity index (χ1n) is 6.98. The second-order valence-electron chi connectivity index (χ2n) is 4.80. The molecule has 0 aliphatic heterocycles. The normalized spacial score (nSPS) is 10.2. The summed E-state index contributed by atoms with van der Waals surface area (Å²) in [6, 6.07) is 17.1. The summed E-state index contributed by atoms with van der Waals surface area (Å²) in [7, 11) is 0. The highest BCUT2D eigenvalue weighted by Gasteiger charge is 2.04. The molecule has 2 aromatic carbocycles. The van der Waals surface area contributed by atoms with E-state index in [4.69, 9.17) is 5.73 Å². The molecule has 5 heteroatoms. The lowest BCUT2D eigenvalue weighted by Crippen LogP contribution is -2.14. The van der Waals surface area contributed by atoms with Crippen molar-refractivity contribution in [3.8, 4) is 0 Å². The number of benzene rings is 2. The predicted octanol–water partition coefficient (Wildman–Crippen LogP) is 2.84. The Balaban J connectivity index is 1.75. The number of carbonyl (C=O) groups excluding carboxylic acids is 2. The number of amides is 2. The second-order valence-corrected chi connectivity index (χ2v) is 5.97. The van der Waals surface area contributed by atoms with Crippen LogP contribution in [0.4, 0.5) is 5.69 Å². The van der Waals surface area contributed by atoms with Gasteiger partial charge in [0.2, 0.25) is 11.8 Å². The summed E-state index contributed by atoms with van der Waals surface area (Å²) in [5, 5.41) is 2.84. The van der Waals surface area contributed by atoms with Crippen LogP contribution in [0.5, 0.6) is 0 Å². The lowest BCUT2D eigenvalue weighted by atomic mass is 10.1. The van der Waals surface area contributed by atoms with E-state index >= 15 is 0 Å². The highest BCUT2D eigenvalue weighted by atomic mass is 32.2. The van der Waals surface area contributed by atoms with Gasteiger partial charge in [0.1, 0.15) is 0 Å². The average molecular weight is 314 g/mol. The van der Waals surface area contributed by atoms with Gasteiger partial charge in [-0.2, -0.15) is 0 Å². The molecule has 0 radical (unpaired) electrons. The van der Waals surface area contributed by atoms with Crippen LogP contribution < -0.4 is 11.1 Å². The molecule has 114 valence electrons. The minimum Gasteiger partial charge on any atom is -0.369 e. The Bertz CT molecular complexity index is 627. The monoisotopic (exact) mass is 314 g/mol. The maximum atomic E-state index is 11.9. The summed E-state index contributed by atoms with van der Waals surface area (Å²) < 4.78 is 0. The maximum absolute atomic E-state index is 11.9. The zero-order valence-electron chi connectivity index (χ0n) is 12.1. The van der Waals surface area contributed by atoms with E-state index in [9.17, 15) is 9.59 Å². The number of carbonyl (C=O) groups is 2. The molecule has 0 fully saturated rings. The zero-order valence-corrected chi connectivity index (χ0v) is 12.9. The number of thioether (sulfide) groups is 1. The number of anilines is 1. The van der Waals surface area contributed by atoms with Crippen molar-refractivity contribution in [1.82, 2.24) is 0 Å². The fraction of sp³-hybridized carbons (Fsp3) is 0.176. The van der Waals surface area contributed by atoms with Gasteiger partial charge >= 0.3 is 0 Å². The van der Waals surface area contributed by atoms with E-state index in [1.807, 2.05) is 30.3 Å². The first kappa shape index (κ1) is 16.1. The highest BCUT2D eigenvalue weighted by Crippen LogP contribution is 2.18. The number of primary amides is 1. The van der Waals surface area contributed by atoms with Crippen molar-refractivity contribution in [1.29, 1.82) is 0 Å². The first-order valence-corrected chi connectivity index (χ1v) is 7.97. The van der Waals surface area contributed by atoms with Gasteiger partial charge in [-0.1, -0.05) is 30.3 Å². The number of nitrogens with two attached hydrogens (primary N) is 1. The van der Waals surface area contributed by atoms with Crippen molar-refractivity contribution in [2.24, 2.45) is 5.73 Å². The van der Waals surface area contributed by atoms with Crippen LogP contribution in [0.25, 0.3) is 0 Å². The number of hydrogen-bond donors (Lipinski definition) is 2. The molecule has 0 unspecified atom stereocenters. The summed E-state index contributed by atoms with van der Waals surface area (Å²) in [4.78, 5) is 23.8. The summed E-state index contributed by atoms with van der Waals surface area (Å²) in [6.07, 6.45) is 0.657. The van der Waals surface area contributed by atoms with Gasteiger partial charge in [-0.05, 0) is 29.8 Å². The fourth-order valence-electron chi connectivity index (χ4n) is 1.91. The van der Waals surface area contributed by atoms with E-state index in [2.05, 4.69) is 5.32 Å². The third-order valence-electron chi connectivity index (χ3n) is 2.96. The molecule has 0 aliphatic carbocycles. The van der Waals surface area contributed by atoms with E-state index in [0.717, 1.165) is 21.9 Å². The Morgan fingerprint density at radius 2 is 1.68 bits per heavy atom. The summed E-state index contributed by atoms with van der Waals surface area (Å²) in [6.45, 7) is 0. The van der Waals surface area contributed by atoms with Crippen LogP contribution >= 0.6 is 11.8 Å². The minimum atomic E-state index is -0.366. The lowest BCUT2D eigenvalue weighted by molar-refractivity contribution is -0.117. The molecule has 4 nitrogen and oxygen atoms in total. The lowest BCUT2D eigenvalue weighted by Gasteiger charge is -2.06. The van der Waals surface area contributed by atoms with Gasteiger partial charge in [0.25, 0.3) is 0 Å². The molecular weight excluding hydrogens is 296 g/mol. The molecule has 0 spiro atoms. The molecule has 2 rings (SSSR count). The molecule has 0 atom stereocenters. The van der Waals surface area contributed by atoms with Crippen LogP contribution in [0.1, 0.15) is 12.0 Å². The second kappa shape index (κ2) is 8.24. The van der Waals surface area contributed by atoms with E-state index in [-0.39, 0.29) is 18.2 Å². The molecule has 0 aliphatic rings. The van der Waals surface area contributed by atoms with E-state index in [0.29, 0.717) is 6.42 Å². The third kappa shape index (κ3) is 5.61. The van der Waals surface area contributed by atoms with Gasteiger partial charge < -0.3 is 11.1 Å². The summed E-state index contributed by atoms with van der Waals surface area (Å²) in [5.41, 5.74) is 6.70. The quantitative estimate of drug-likeness (QED) is 0.772. The van der Waals surface area contributed by atoms with Crippen molar-refractivity contribution in [3.05, 3.63) is 60.2 Å². The van der Waals surface area contributed by atoms with Gasteiger partial charge in [0.05, 0.1) is 6.42 Å². The molecule has 2 aromatic rings. The first-order chi connectivity index (χ1) is 10.6. The minimum absolute atomic E-state index is 0.0221. The molecule has 22 heavy (non-hydrogen) atoms. The van der Waals surface area contributed by atoms with Crippen molar-refractivity contribution in [3.63, 3.8) is 0 Å². The van der Waals surface area contributed by atoms with Crippen molar-refractivity contribution >= 4 is 29.3 Å². The molecule has 0 aromatic heterocycles. The van der Waals surface area contributed by atoms with Crippen molar-refractivity contribution in [2.75, 3.05) is 11.1 Å². The molecule has 0 saturated heterocycles. The van der Waals surface area contributed by atoms with Crippen LogP contribution in [-0.2, 0) is 16.0 Å². The average Bonchev–Trinajstić information content (AvgIpc) is 2.50. The molecule has 3 N–H and O–H groups in total. The van der Waals surface area contributed by atoms with Gasteiger partial charge in [0.15, 0.2) is 0 Å². The van der Waals surface area contributed by atoms with Crippen molar-refractivity contribution < 1.29 is 9.59 Å². The van der Waals surface area contributed by atoms with Crippen LogP contribution in [0.15, 0.2) is 59.5 Å².